The van der Waals surface area contributed by atoms with Gasteiger partial charge in [-0.15, -0.1) is 0 Å². The number of anilines is 2. The van der Waals surface area contributed by atoms with Crippen molar-refractivity contribution in [3.8, 4) is 5.75 Å². The highest BCUT2D eigenvalue weighted by Crippen LogP contribution is 2.16. The lowest BCUT2D eigenvalue weighted by molar-refractivity contribution is 0.102. The van der Waals surface area contributed by atoms with Crippen molar-refractivity contribution in [1.29, 1.82) is 0 Å². The van der Waals surface area contributed by atoms with Crippen molar-refractivity contribution in [3.05, 3.63) is 83.6 Å². The molecule has 1 heterocycles. The number of carbonyl (C=O) groups excluding carboxylic acids is 1. The van der Waals surface area contributed by atoms with Gasteiger partial charge >= 0.3 is 0 Å². The Morgan fingerprint density at radius 2 is 1.90 bits per heavy atom. The molecule has 2 atom stereocenters. The van der Waals surface area contributed by atoms with Gasteiger partial charge in [-0.1, -0.05) is 18.2 Å². The number of aliphatic hydroxyl groups is 1. The maximum atomic E-state index is 12.5. The topological polar surface area (TPSA) is 120 Å². The summed E-state index contributed by atoms with van der Waals surface area (Å²) in [7, 11) is 0. The fourth-order valence-corrected chi connectivity index (χ4v) is 3.06. The molecule has 0 unspecified atom stereocenters. The molecular formula is C23H26N4O3. The van der Waals surface area contributed by atoms with Crippen molar-refractivity contribution in [2.45, 2.75) is 25.5 Å². The SMILES string of the molecule is C[C@H](Cc1cccc(C(=O)Nc2ccc(O)cc2)c1)NC[C@@H](O)c1ccc(N)nc1. The van der Waals surface area contributed by atoms with Crippen LogP contribution in [0.3, 0.4) is 0 Å². The standard InChI is InChI=1S/C23H26N4O3/c1-15(25-14-21(29)18-5-10-22(24)26-13-18)11-16-3-2-4-17(12-16)23(30)27-19-6-8-20(28)9-7-19/h2-10,12-13,15,21,25,28-29H,11,14H2,1H3,(H2,24,26)(H,27,30)/t15-,21-/m1/s1. The van der Waals surface area contributed by atoms with E-state index in [1.165, 1.54) is 12.1 Å². The van der Waals surface area contributed by atoms with Crippen molar-refractivity contribution in [3.63, 3.8) is 0 Å². The maximum Gasteiger partial charge on any atom is 0.255 e. The molecule has 6 N–H and O–H groups in total. The summed E-state index contributed by atoms with van der Waals surface area (Å²) in [6.07, 6.45) is 1.60. The molecule has 0 bridgehead atoms. The highest BCUT2D eigenvalue weighted by atomic mass is 16.3. The van der Waals surface area contributed by atoms with Crippen LogP contribution < -0.4 is 16.4 Å². The van der Waals surface area contributed by atoms with Gasteiger partial charge in [-0.05, 0) is 61.4 Å². The van der Waals surface area contributed by atoms with Gasteiger partial charge in [-0.3, -0.25) is 4.79 Å². The molecule has 0 aliphatic rings. The first-order chi connectivity index (χ1) is 14.4. The number of aromatic nitrogens is 1. The molecule has 2 aromatic carbocycles. The predicted octanol–water partition coefficient (Wildman–Crippen LogP) is 2.88. The van der Waals surface area contributed by atoms with Gasteiger partial charge in [-0.2, -0.15) is 0 Å². The van der Waals surface area contributed by atoms with Gasteiger partial charge in [0, 0.05) is 35.6 Å². The molecule has 0 saturated carbocycles. The third-order valence-corrected chi connectivity index (χ3v) is 4.71. The smallest absolute Gasteiger partial charge is 0.255 e. The molecule has 30 heavy (non-hydrogen) atoms. The molecule has 0 aliphatic heterocycles. The summed E-state index contributed by atoms with van der Waals surface area (Å²) in [5.41, 5.74) is 8.46. The molecular weight excluding hydrogens is 380 g/mol. The van der Waals surface area contributed by atoms with Crippen LogP contribution in [0.1, 0.15) is 34.5 Å². The van der Waals surface area contributed by atoms with Crippen LogP contribution in [-0.2, 0) is 6.42 Å². The first-order valence-corrected chi connectivity index (χ1v) is 9.73. The van der Waals surface area contributed by atoms with E-state index in [2.05, 4.69) is 15.6 Å². The van der Waals surface area contributed by atoms with E-state index in [1.807, 2.05) is 25.1 Å². The van der Waals surface area contributed by atoms with Crippen LogP contribution in [0.2, 0.25) is 0 Å². The van der Waals surface area contributed by atoms with E-state index in [-0.39, 0.29) is 17.7 Å². The normalized spacial score (nSPS) is 12.9. The van der Waals surface area contributed by atoms with Gasteiger partial charge < -0.3 is 26.6 Å². The minimum Gasteiger partial charge on any atom is -0.508 e. The molecule has 0 fully saturated rings. The van der Waals surface area contributed by atoms with E-state index < -0.39 is 6.10 Å². The second-order valence-electron chi connectivity index (χ2n) is 7.25. The van der Waals surface area contributed by atoms with Crippen LogP contribution in [0.15, 0.2) is 66.9 Å². The molecule has 3 aromatic rings. The molecule has 3 rings (SSSR count). The lowest BCUT2D eigenvalue weighted by Gasteiger charge is -2.18. The number of hydrogen-bond donors (Lipinski definition) is 5. The highest BCUT2D eigenvalue weighted by molar-refractivity contribution is 6.04. The molecule has 0 radical (unpaired) electrons. The van der Waals surface area contributed by atoms with Crippen LogP contribution in [0.5, 0.6) is 5.75 Å². The number of nitrogens with one attached hydrogen (secondary N) is 2. The largest absolute Gasteiger partial charge is 0.508 e. The van der Waals surface area contributed by atoms with E-state index in [9.17, 15) is 15.0 Å². The Balaban J connectivity index is 1.54. The number of aliphatic hydroxyl groups excluding tert-OH is 1. The summed E-state index contributed by atoms with van der Waals surface area (Å²) in [4.78, 5) is 16.5. The Kier molecular flexibility index (Phi) is 7.00. The third-order valence-electron chi connectivity index (χ3n) is 4.71. The van der Waals surface area contributed by atoms with Gasteiger partial charge in [0.05, 0.1) is 6.10 Å². The summed E-state index contributed by atoms with van der Waals surface area (Å²) in [5, 5.41) is 25.7. The molecule has 156 valence electrons. The van der Waals surface area contributed by atoms with Gasteiger partial charge in [0.1, 0.15) is 11.6 Å². The number of phenolic OH excluding ortho intramolecular Hbond substituents is 1. The highest BCUT2D eigenvalue weighted by Gasteiger charge is 2.12. The van der Waals surface area contributed by atoms with Crippen LogP contribution in [0.4, 0.5) is 11.5 Å². The average Bonchev–Trinajstić information content (AvgIpc) is 2.74. The third kappa shape index (κ3) is 6.04. The number of benzene rings is 2. The quantitative estimate of drug-likeness (QED) is 0.367. The number of phenols is 1. The van der Waals surface area contributed by atoms with E-state index >= 15 is 0 Å². The van der Waals surface area contributed by atoms with Crippen molar-refractivity contribution < 1.29 is 15.0 Å². The zero-order valence-corrected chi connectivity index (χ0v) is 16.7. The van der Waals surface area contributed by atoms with Crippen LogP contribution in [-0.4, -0.2) is 33.7 Å². The Labute approximate surface area is 175 Å². The van der Waals surface area contributed by atoms with E-state index in [0.717, 1.165) is 5.56 Å². The number of carbonyl (C=O) groups is 1. The number of nitrogens with zero attached hydrogens (tertiary/aromatic N) is 1. The van der Waals surface area contributed by atoms with Crippen molar-refractivity contribution in [1.82, 2.24) is 10.3 Å². The van der Waals surface area contributed by atoms with Gasteiger partial charge in [0.15, 0.2) is 0 Å². The fourth-order valence-electron chi connectivity index (χ4n) is 3.06. The predicted molar refractivity (Wildman–Crippen MR) is 117 cm³/mol. The van der Waals surface area contributed by atoms with Crippen molar-refractivity contribution in [2.24, 2.45) is 0 Å². The Morgan fingerprint density at radius 3 is 2.60 bits per heavy atom. The first-order valence-electron chi connectivity index (χ1n) is 9.73. The Morgan fingerprint density at radius 1 is 1.13 bits per heavy atom. The first kappa shape index (κ1) is 21.3. The van der Waals surface area contributed by atoms with Crippen LogP contribution in [0, 0.1) is 0 Å². The Bertz CT molecular complexity index is 974. The van der Waals surface area contributed by atoms with E-state index in [0.29, 0.717) is 35.6 Å². The second-order valence-corrected chi connectivity index (χ2v) is 7.25. The Hall–Kier alpha value is -3.42. The number of aromatic hydroxyl groups is 1. The summed E-state index contributed by atoms with van der Waals surface area (Å²) < 4.78 is 0. The van der Waals surface area contributed by atoms with E-state index in [1.54, 1.807) is 36.5 Å². The van der Waals surface area contributed by atoms with Crippen LogP contribution in [0.25, 0.3) is 0 Å². The fraction of sp³-hybridized carbons (Fsp3) is 0.217. The summed E-state index contributed by atoms with van der Waals surface area (Å²) >= 11 is 0. The molecule has 7 heteroatoms. The summed E-state index contributed by atoms with van der Waals surface area (Å²) in [6, 6.07) is 17.3. The number of nitrogen functional groups attached to an aromatic ring is 1. The van der Waals surface area contributed by atoms with Crippen molar-refractivity contribution in [2.75, 3.05) is 17.6 Å². The number of amides is 1. The minimum absolute atomic E-state index is 0.0943. The zero-order chi connectivity index (χ0) is 21.5. The number of pyridine rings is 1. The van der Waals surface area contributed by atoms with Gasteiger partial charge in [-0.25, -0.2) is 4.98 Å². The minimum atomic E-state index is -0.678. The van der Waals surface area contributed by atoms with E-state index in [4.69, 9.17) is 5.73 Å². The lowest BCUT2D eigenvalue weighted by Crippen LogP contribution is -2.32. The second kappa shape index (κ2) is 9.87. The maximum absolute atomic E-state index is 12.5. The number of nitrogens with two attached hydrogens (primary N) is 1. The lowest BCUT2D eigenvalue weighted by atomic mass is 10.0. The monoisotopic (exact) mass is 406 g/mol. The molecule has 0 saturated heterocycles. The number of hydrogen-bond acceptors (Lipinski definition) is 6. The molecule has 1 amide bonds. The van der Waals surface area contributed by atoms with Gasteiger partial charge in [0.25, 0.3) is 5.91 Å². The van der Waals surface area contributed by atoms with Crippen LogP contribution >= 0.6 is 0 Å². The summed E-state index contributed by atoms with van der Waals surface area (Å²) in [6.45, 7) is 2.41. The van der Waals surface area contributed by atoms with Gasteiger partial charge in [0.2, 0.25) is 0 Å². The molecule has 1 aromatic heterocycles. The zero-order valence-electron chi connectivity index (χ0n) is 16.7. The summed E-state index contributed by atoms with van der Waals surface area (Å²) in [5.74, 6) is 0.352. The van der Waals surface area contributed by atoms with Crippen molar-refractivity contribution >= 4 is 17.4 Å². The average molecular weight is 406 g/mol. The molecule has 0 aliphatic carbocycles. The molecule has 7 nitrogen and oxygen atoms in total. The molecule has 0 spiro atoms. The number of rotatable bonds is 8.